The zero-order valence-corrected chi connectivity index (χ0v) is 12.6. The first-order valence-corrected chi connectivity index (χ1v) is 7.37. The number of aryl methyl sites for hydroxylation is 1. The summed E-state index contributed by atoms with van der Waals surface area (Å²) in [7, 11) is 0. The highest BCUT2D eigenvalue weighted by atomic mass is 19.2. The Balaban J connectivity index is 1.96. The molecule has 0 saturated carbocycles. The van der Waals surface area contributed by atoms with Crippen LogP contribution < -0.4 is 5.32 Å². The number of nitrogens with one attached hydrogen (secondary N) is 2. The topological polar surface area (TPSA) is 82.2 Å². The highest BCUT2D eigenvalue weighted by Gasteiger charge is 2.35. The van der Waals surface area contributed by atoms with Crippen LogP contribution in [0.5, 0.6) is 0 Å². The minimum atomic E-state index is -1.03. The van der Waals surface area contributed by atoms with E-state index in [4.69, 9.17) is 0 Å². The van der Waals surface area contributed by atoms with Crippen LogP contribution >= 0.6 is 0 Å². The van der Waals surface area contributed by atoms with Crippen molar-refractivity contribution in [3.05, 3.63) is 51.8 Å². The van der Waals surface area contributed by atoms with Crippen molar-refractivity contribution >= 4 is 28.7 Å². The number of halogens is 2. The number of aromatic amines is 1. The average molecular weight is 330 g/mol. The lowest BCUT2D eigenvalue weighted by atomic mass is 9.99. The highest BCUT2D eigenvalue weighted by molar-refractivity contribution is 6.37. The molecule has 1 aromatic carbocycles. The molecule has 0 spiro atoms. The van der Waals surface area contributed by atoms with Gasteiger partial charge in [0.05, 0.1) is 16.8 Å². The van der Waals surface area contributed by atoms with Gasteiger partial charge in [0.2, 0.25) is 0 Å². The van der Waals surface area contributed by atoms with Gasteiger partial charge in [0, 0.05) is 23.0 Å². The number of fused-ring (bicyclic) bond motifs is 2. The minimum absolute atomic E-state index is 0.213. The van der Waals surface area contributed by atoms with E-state index in [1.165, 1.54) is 0 Å². The first-order chi connectivity index (χ1) is 11.4. The van der Waals surface area contributed by atoms with E-state index in [1.54, 1.807) is 6.92 Å². The number of carboxylic acid groups (broad SMARTS) is 1. The van der Waals surface area contributed by atoms with Gasteiger partial charge < -0.3 is 15.4 Å². The molecule has 122 valence electrons. The molecular formula is C17H12F2N2O3. The molecule has 0 unspecified atom stereocenters. The van der Waals surface area contributed by atoms with Gasteiger partial charge >= 0.3 is 5.97 Å². The number of carbonyl (C=O) groups is 2. The van der Waals surface area contributed by atoms with Crippen LogP contribution in [0.25, 0.3) is 11.1 Å². The zero-order chi connectivity index (χ0) is 17.2. The lowest BCUT2D eigenvalue weighted by Crippen LogP contribution is -2.05. The number of rotatable bonds is 1. The number of hydrogen-bond donors (Lipinski definition) is 3. The second kappa shape index (κ2) is 4.77. The Morgan fingerprint density at radius 3 is 2.62 bits per heavy atom. The predicted octanol–water partition coefficient (Wildman–Crippen LogP) is 3.11. The molecule has 1 aliphatic heterocycles. The standard InChI is InChI=1S/C17H12F2N2O3/c1-6-13(17(23)24)7-2-3-8(15(7)20-6)14-9-4-10(18)11(19)5-12(9)21-16(14)22/h4-5,20H,2-3H2,1H3,(H,21,22)(H,23,24)/b14-8-. The molecule has 5 nitrogen and oxygen atoms in total. The third-order valence-corrected chi connectivity index (χ3v) is 4.54. The van der Waals surface area contributed by atoms with Crippen molar-refractivity contribution < 1.29 is 23.5 Å². The summed E-state index contributed by atoms with van der Waals surface area (Å²) < 4.78 is 27.0. The number of aromatic carboxylic acids is 1. The van der Waals surface area contributed by atoms with Gasteiger partial charge in [-0.15, -0.1) is 0 Å². The number of allylic oxidation sites excluding steroid dienone is 1. The van der Waals surface area contributed by atoms with Gasteiger partial charge in [-0.1, -0.05) is 0 Å². The Kier molecular flexibility index (Phi) is 2.90. The number of hydrogen-bond acceptors (Lipinski definition) is 2. The van der Waals surface area contributed by atoms with E-state index in [-0.39, 0.29) is 16.8 Å². The average Bonchev–Trinajstić information content (AvgIpc) is 3.11. The third kappa shape index (κ3) is 1.84. The summed E-state index contributed by atoms with van der Waals surface area (Å²) in [6, 6.07) is 1.95. The maximum Gasteiger partial charge on any atom is 0.337 e. The van der Waals surface area contributed by atoms with Crippen molar-refractivity contribution in [1.29, 1.82) is 0 Å². The van der Waals surface area contributed by atoms with Gasteiger partial charge in [-0.05, 0) is 37.0 Å². The van der Waals surface area contributed by atoms with Crippen LogP contribution in [0.2, 0.25) is 0 Å². The van der Waals surface area contributed by atoms with Crippen molar-refractivity contribution in [2.75, 3.05) is 5.32 Å². The van der Waals surface area contributed by atoms with Gasteiger partial charge in [0.15, 0.2) is 11.6 Å². The summed E-state index contributed by atoms with van der Waals surface area (Å²) in [5, 5.41) is 11.9. The van der Waals surface area contributed by atoms with E-state index in [9.17, 15) is 23.5 Å². The number of amides is 1. The third-order valence-electron chi connectivity index (χ3n) is 4.54. The number of anilines is 1. The number of aromatic nitrogens is 1. The van der Waals surface area contributed by atoms with E-state index >= 15 is 0 Å². The summed E-state index contributed by atoms with van der Waals surface area (Å²) in [5.41, 5.74) is 3.36. The molecule has 1 amide bonds. The summed E-state index contributed by atoms with van der Waals surface area (Å²) in [4.78, 5) is 26.8. The summed E-state index contributed by atoms with van der Waals surface area (Å²) in [6.07, 6.45) is 0.940. The molecule has 7 heteroatoms. The molecule has 2 heterocycles. The van der Waals surface area contributed by atoms with Crippen molar-refractivity contribution in [2.45, 2.75) is 19.8 Å². The van der Waals surface area contributed by atoms with Crippen LogP contribution in [0.1, 0.15) is 39.3 Å². The van der Waals surface area contributed by atoms with Gasteiger partial charge in [-0.25, -0.2) is 13.6 Å². The van der Waals surface area contributed by atoms with Gasteiger partial charge in [0.1, 0.15) is 0 Å². The Bertz CT molecular complexity index is 973. The lowest BCUT2D eigenvalue weighted by Gasteiger charge is -2.05. The molecule has 0 radical (unpaired) electrons. The lowest BCUT2D eigenvalue weighted by molar-refractivity contribution is -0.110. The van der Waals surface area contributed by atoms with Gasteiger partial charge in [-0.3, -0.25) is 4.79 Å². The molecule has 1 aromatic heterocycles. The molecule has 2 aliphatic rings. The fourth-order valence-corrected chi connectivity index (χ4v) is 3.56. The Morgan fingerprint density at radius 2 is 1.92 bits per heavy atom. The van der Waals surface area contributed by atoms with E-state index in [1.807, 2.05) is 0 Å². The van der Waals surface area contributed by atoms with E-state index in [0.29, 0.717) is 40.9 Å². The summed E-state index contributed by atoms with van der Waals surface area (Å²) in [5.74, 6) is -3.53. The molecule has 0 saturated heterocycles. The Hall–Kier alpha value is -2.96. The molecule has 0 atom stereocenters. The number of carbonyl (C=O) groups excluding carboxylic acids is 1. The quantitative estimate of drug-likeness (QED) is 0.703. The fourth-order valence-electron chi connectivity index (χ4n) is 3.56. The van der Waals surface area contributed by atoms with E-state index in [2.05, 4.69) is 10.3 Å². The normalized spacial score (nSPS) is 18.5. The monoisotopic (exact) mass is 330 g/mol. The maximum atomic E-state index is 13.6. The largest absolute Gasteiger partial charge is 0.478 e. The molecule has 2 aromatic rings. The van der Waals surface area contributed by atoms with Gasteiger partial charge in [-0.2, -0.15) is 0 Å². The van der Waals surface area contributed by atoms with Crippen molar-refractivity contribution in [3.63, 3.8) is 0 Å². The second-order valence-electron chi connectivity index (χ2n) is 5.90. The molecule has 0 bridgehead atoms. The zero-order valence-electron chi connectivity index (χ0n) is 12.6. The minimum Gasteiger partial charge on any atom is -0.478 e. The summed E-state index contributed by atoms with van der Waals surface area (Å²) >= 11 is 0. The summed E-state index contributed by atoms with van der Waals surface area (Å²) in [6.45, 7) is 1.65. The van der Waals surface area contributed by atoms with Crippen LogP contribution in [-0.2, 0) is 11.2 Å². The molecule has 3 N–H and O–H groups in total. The second-order valence-corrected chi connectivity index (χ2v) is 5.90. The van der Waals surface area contributed by atoms with E-state index in [0.717, 1.165) is 12.1 Å². The first kappa shape index (κ1) is 14.6. The highest BCUT2D eigenvalue weighted by Crippen LogP contribution is 2.44. The molecular weight excluding hydrogens is 318 g/mol. The van der Waals surface area contributed by atoms with Crippen molar-refractivity contribution in [2.24, 2.45) is 0 Å². The van der Waals surface area contributed by atoms with Gasteiger partial charge in [0.25, 0.3) is 5.91 Å². The van der Waals surface area contributed by atoms with Crippen molar-refractivity contribution in [1.82, 2.24) is 4.98 Å². The Labute approximate surface area is 135 Å². The van der Waals surface area contributed by atoms with Crippen LogP contribution in [0.15, 0.2) is 12.1 Å². The van der Waals surface area contributed by atoms with E-state index < -0.39 is 23.5 Å². The fraction of sp³-hybridized carbons (Fsp3) is 0.176. The Morgan fingerprint density at radius 1 is 1.21 bits per heavy atom. The molecule has 4 rings (SSSR count). The van der Waals surface area contributed by atoms with Crippen LogP contribution in [0.4, 0.5) is 14.5 Å². The number of H-pyrrole nitrogens is 1. The van der Waals surface area contributed by atoms with Crippen LogP contribution in [0.3, 0.4) is 0 Å². The number of carboxylic acids is 1. The SMILES string of the molecule is Cc1[nH]c2c(c1C(=O)O)CC/C2=C1/C(=O)Nc2cc(F)c(F)cc21. The molecule has 24 heavy (non-hydrogen) atoms. The van der Waals surface area contributed by atoms with Crippen LogP contribution in [-0.4, -0.2) is 22.0 Å². The van der Waals surface area contributed by atoms with Crippen LogP contribution in [0, 0.1) is 18.6 Å². The molecule has 0 fully saturated rings. The van der Waals surface area contributed by atoms with Crippen molar-refractivity contribution in [3.8, 4) is 0 Å². The first-order valence-electron chi connectivity index (χ1n) is 7.37. The molecule has 1 aliphatic carbocycles. The smallest absolute Gasteiger partial charge is 0.337 e. The number of benzene rings is 1. The maximum absolute atomic E-state index is 13.6. The predicted molar refractivity (Wildman–Crippen MR) is 82.6 cm³/mol.